The zero-order valence-corrected chi connectivity index (χ0v) is 35.5. The van der Waals surface area contributed by atoms with Crippen molar-refractivity contribution in [2.45, 2.75) is 219 Å². The second-order valence-electron chi connectivity index (χ2n) is 15.1. The fourth-order valence-corrected chi connectivity index (χ4v) is 6.41. The van der Waals surface area contributed by atoms with Gasteiger partial charge in [0.25, 0.3) is 0 Å². The second kappa shape index (κ2) is 42.2. The zero-order chi connectivity index (χ0) is 40.3. The standard InChI is InChI=1S/C48H84N2O5/c1-3-5-7-9-11-13-14-15-16-17-18-19-20-21-22-24-26-32-36-42-47(52)55-44(38-33-29-25-23-12-10-8-6-4-2)39-34-30-27-28-31-35-41-46(51)50-45(48(53)54)40-37-43-49/h5,7,11,13,15-16,18-19,33,38,44-45H,3-4,6,8-10,12,14,17,20-32,34-37,39-43,49H2,1-2H3,(H,50,51)(H,53,54)/b7-5-,13-11-,16-15-,19-18-,38-33-. The molecule has 0 aromatic heterocycles. The van der Waals surface area contributed by atoms with E-state index in [1.165, 1.54) is 70.6 Å². The Morgan fingerprint density at radius 2 is 1.05 bits per heavy atom. The third-order valence-electron chi connectivity index (χ3n) is 9.80. The molecule has 0 rings (SSSR count). The summed E-state index contributed by atoms with van der Waals surface area (Å²) in [6, 6.07) is -0.856. The molecular weight excluding hydrogens is 685 g/mol. The summed E-state index contributed by atoms with van der Waals surface area (Å²) in [5.41, 5.74) is 5.48. The summed E-state index contributed by atoms with van der Waals surface area (Å²) in [7, 11) is 0. The molecule has 0 fully saturated rings. The third kappa shape index (κ3) is 39.1. The molecule has 0 aliphatic carbocycles. The molecule has 7 nitrogen and oxygen atoms in total. The van der Waals surface area contributed by atoms with Crippen LogP contribution in [0.1, 0.15) is 206 Å². The van der Waals surface area contributed by atoms with E-state index >= 15 is 0 Å². The van der Waals surface area contributed by atoms with Crippen LogP contribution in [0, 0.1) is 0 Å². The summed E-state index contributed by atoms with van der Waals surface area (Å²) in [5.74, 6) is -1.28. The van der Waals surface area contributed by atoms with E-state index < -0.39 is 12.0 Å². The van der Waals surface area contributed by atoms with Crippen LogP contribution >= 0.6 is 0 Å². The van der Waals surface area contributed by atoms with Gasteiger partial charge in [0.15, 0.2) is 0 Å². The lowest BCUT2D eigenvalue weighted by molar-refractivity contribution is -0.147. The van der Waals surface area contributed by atoms with Crippen molar-refractivity contribution in [2.75, 3.05) is 6.54 Å². The van der Waals surface area contributed by atoms with Crippen molar-refractivity contribution in [3.63, 3.8) is 0 Å². The SMILES string of the molecule is CC/C=C\C/C=C\C/C=C\C/C=C\CCCCCCCCC(=O)OC(/C=C\CCCCCCCCC)CCCCCCCCC(=O)NC(CCCN)C(=O)O. The van der Waals surface area contributed by atoms with Crippen molar-refractivity contribution < 1.29 is 24.2 Å². The maximum absolute atomic E-state index is 12.8. The molecule has 0 aromatic rings. The number of nitrogens with one attached hydrogen (secondary N) is 1. The Morgan fingerprint density at radius 3 is 1.62 bits per heavy atom. The fourth-order valence-electron chi connectivity index (χ4n) is 6.41. The number of carboxylic acid groups (broad SMARTS) is 1. The van der Waals surface area contributed by atoms with Crippen LogP contribution < -0.4 is 11.1 Å². The van der Waals surface area contributed by atoms with Crippen LogP contribution in [0.25, 0.3) is 0 Å². The topological polar surface area (TPSA) is 119 Å². The van der Waals surface area contributed by atoms with Crippen LogP contribution in [-0.4, -0.2) is 41.6 Å². The van der Waals surface area contributed by atoms with E-state index in [-0.39, 0.29) is 18.0 Å². The van der Waals surface area contributed by atoms with Gasteiger partial charge in [-0.15, -0.1) is 0 Å². The first-order valence-electron chi connectivity index (χ1n) is 22.6. The predicted molar refractivity (Wildman–Crippen MR) is 234 cm³/mol. The van der Waals surface area contributed by atoms with Crippen molar-refractivity contribution in [2.24, 2.45) is 5.73 Å². The Labute approximate surface area is 338 Å². The lowest BCUT2D eigenvalue weighted by atomic mass is 10.0. The van der Waals surface area contributed by atoms with Gasteiger partial charge in [0.1, 0.15) is 12.1 Å². The Morgan fingerprint density at radius 1 is 0.564 bits per heavy atom. The average Bonchev–Trinajstić information content (AvgIpc) is 3.17. The minimum absolute atomic E-state index is 0.0728. The number of aliphatic carboxylic acids is 1. The molecule has 0 radical (unpaired) electrons. The van der Waals surface area contributed by atoms with E-state index in [1.54, 1.807) is 0 Å². The minimum Gasteiger partial charge on any atom is -0.480 e. The Bertz CT molecular complexity index is 1050. The van der Waals surface area contributed by atoms with Crippen molar-refractivity contribution in [3.05, 3.63) is 60.8 Å². The summed E-state index contributed by atoms with van der Waals surface area (Å²) >= 11 is 0. The summed E-state index contributed by atoms with van der Waals surface area (Å²) in [4.78, 5) is 36.3. The lowest BCUT2D eigenvalue weighted by Crippen LogP contribution is -2.40. The average molecular weight is 769 g/mol. The quantitative estimate of drug-likeness (QED) is 0.0324. The number of unbranched alkanes of at least 4 members (excludes halogenated alkanes) is 18. The van der Waals surface area contributed by atoms with Crippen LogP contribution in [0.5, 0.6) is 0 Å². The first kappa shape index (κ1) is 52.1. The van der Waals surface area contributed by atoms with Crippen molar-refractivity contribution in [3.8, 4) is 0 Å². The molecule has 2 atom stereocenters. The first-order valence-corrected chi connectivity index (χ1v) is 22.6. The number of ether oxygens (including phenoxy) is 1. The number of allylic oxidation sites excluding steroid dienone is 9. The number of amides is 1. The fraction of sp³-hybridized carbons (Fsp3) is 0.729. The summed E-state index contributed by atoms with van der Waals surface area (Å²) in [6.07, 6.45) is 52.8. The van der Waals surface area contributed by atoms with Gasteiger partial charge in [-0.1, -0.05) is 158 Å². The molecule has 4 N–H and O–H groups in total. The van der Waals surface area contributed by atoms with E-state index in [0.717, 1.165) is 96.3 Å². The monoisotopic (exact) mass is 769 g/mol. The normalized spacial score (nSPS) is 13.2. The molecule has 0 aliphatic rings. The molecule has 0 spiro atoms. The molecule has 2 unspecified atom stereocenters. The van der Waals surface area contributed by atoms with Crippen LogP contribution in [0.3, 0.4) is 0 Å². The van der Waals surface area contributed by atoms with Gasteiger partial charge in [0.2, 0.25) is 5.91 Å². The summed E-state index contributed by atoms with van der Waals surface area (Å²) in [6.45, 7) is 4.82. The van der Waals surface area contributed by atoms with Crippen molar-refractivity contribution in [1.82, 2.24) is 5.32 Å². The third-order valence-corrected chi connectivity index (χ3v) is 9.80. The Balaban J connectivity index is 4.28. The van der Waals surface area contributed by atoms with Crippen LogP contribution in [-0.2, 0) is 19.1 Å². The van der Waals surface area contributed by atoms with Gasteiger partial charge < -0.3 is 20.9 Å². The highest BCUT2D eigenvalue weighted by Crippen LogP contribution is 2.16. The number of hydrogen-bond acceptors (Lipinski definition) is 5. The summed E-state index contributed by atoms with van der Waals surface area (Å²) < 4.78 is 5.97. The van der Waals surface area contributed by atoms with Crippen LogP contribution in [0.15, 0.2) is 60.8 Å². The maximum atomic E-state index is 12.8. The molecular formula is C48H84N2O5. The van der Waals surface area contributed by atoms with Gasteiger partial charge in [-0.25, -0.2) is 4.79 Å². The van der Waals surface area contributed by atoms with Gasteiger partial charge in [-0.05, 0) is 103 Å². The number of nitrogens with two attached hydrogens (primary N) is 1. The van der Waals surface area contributed by atoms with E-state index in [0.29, 0.717) is 32.2 Å². The van der Waals surface area contributed by atoms with E-state index in [4.69, 9.17) is 10.5 Å². The molecule has 0 saturated carbocycles. The molecule has 0 bridgehead atoms. The molecule has 0 aromatic carbocycles. The zero-order valence-electron chi connectivity index (χ0n) is 35.5. The maximum Gasteiger partial charge on any atom is 0.326 e. The number of carboxylic acids is 1. The van der Waals surface area contributed by atoms with Gasteiger partial charge in [-0.3, -0.25) is 9.59 Å². The van der Waals surface area contributed by atoms with Gasteiger partial charge in [0.05, 0.1) is 0 Å². The highest BCUT2D eigenvalue weighted by molar-refractivity contribution is 5.83. The smallest absolute Gasteiger partial charge is 0.326 e. The number of carbonyl (C=O) groups excluding carboxylic acids is 2. The van der Waals surface area contributed by atoms with E-state index in [9.17, 15) is 19.5 Å². The molecule has 7 heteroatoms. The van der Waals surface area contributed by atoms with Crippen molar-refractivity contribution in [1.29, 1.82) is 0 Å². The molecule has 55 heavy (non-hydrogen) atoms. The molecule has 316 valence electrons. The number of esters is 1. The number of hydrogen-bond donors (Lipinski definition) is 3. The Hall–Kier alpha value is -2.93. The summed E-state index contributed by atoms with van der Waals surface area (Å²) in [5, 5.41) is 11.9. The molecule has 0 heterocycles. The molecule has 0 aliphatic heterocycles. The first-order chi connectivity index (χ1) is 26.9. The number of rotatable bonds is 40. The van der Waals surface area contributed by atoms with Crippen LogP contribution in [0.2, 0.25) is 0 Å². The van der Waals surface area contributed by atoms with Crippen LogP contribution in [0.4, 0.5) is 0 Å². The largest absolute Gasteiger partial charge is 0.480 e. The lowest BCUT2D eigenvalue weighted by Gasteiger charge is -2.15. The van der Waals surface area contributed by atoms with Gasteiger partial charge >= 0.3 is 11.9 Å². The van der Waals surface area contributed by atoms with Crippen molar-refractivity contribution >= 4 is 17.8 Å². The molecule has 1 amide bonds. The number of carbonyl (C=O) groups is 3. The van der Waals surface area contributed by atoms with E-state index in [1.807, 2.05) is 0 Å². The predicted octanol–water partition coefficient (Wildman–Crippen LogP) is 13.0. The highest BCUT2D eigenvalue weighted by Gasteiger charge is 2.18. The van der Waals surface area contributed by atoms with Gasteiger partial charge in [-0.2, -0.15) is 0 Å². The highest BCUT2D eigenvalue weighted by atomic mass is 16.5. The minimum atomic E-state index is -1.01. The van der Waals surface area contributed by atoms with Gasteiger partial charge in [0, 0.05) is 12.8 Å². The molecule has 0 saturated heterocycles. The second-order valence-corrected chi connectivity index (χ2v) is 15.1. The van der Waals surface area contributed by atoms with E-state index in [2.05, 4.69) is 79.9 Å². The Kier molecular flexibility index (Phi) is 40.0.